The SMILES string of the molecule is N#Cc1cccc(Cc2ccc(N)nn2)c1. The van der Waals surface area contributed by atoms with Crippen LogP contribution >= 0.6 is 0 Å². The van der Waals surface area contributed by atoms with E-state index in [-0.39, 0.29) is 0 Å². The van der Waals surface area contributed by atoms with Crippen molar-refractivity contribution in [3.63, 3.8) is 0 Å². The largest absolute Gasteiger partial charge is 0.382 e. The van der Waals surface area contributed by atoms with Crippen molar-refractivity contribution in [1.29, 1.82) is 5.26 Å². The lowest BCUT2D eigenvalue weighted by Gasteiger charge is -2.00. The Bertz CT molecular complexity index is 525. The van der Waals surface area contributed by atoms with E-state index >= 15 is 0 Å². The zero-order valence-electron chi connectivity index (χ0n) is 8.59. The summed E-state index contributed by atoms with van der Waals surface area (Å²) in [4.78, 5) is 0. The minimum Gasteiger partial charge on any atom is -0.382 e. The Morgan fingerprint density at radius 3 is 2.75 bits per heavy atom. The lowest BCUT2D eigenvalue weighted by molar-refractivity contribution is 0.944. The average Bonchev–Trinajstić information content (AvgIpc) is 2.32. The van der Waals surface area contributed by atoms with Crippen molar-refractivity contribution >= 4 is 5.82 Å². The maximum Gasteiger partial charge on any atom is 0.146 e. The van der Waals surface area contributed by atoms with Crippen LogP contribution in [0.15, 0.2) is 36.4 Å². The number of nitrogens with two attached hydrogens (primary N) is 1. The van der Waals surface area contributed by atoms with E-state index in [1.54, 1.807) is 12.1 Å². The number of anilines is 1. The van der Waals surface area contributed by atoms with Gasteiger partial charge < -0.3 is 5.73 Å². The second kappa shape index (κ2) is 4.41. The van der Waals surface area contributed by atoms with Crippen molar-refractivity contribution in [3.05, 3.63) is 53.2 Å². The Labute approximate surface area is 93.4 Å². The number of hydrogen-bond donors (Lipinski definition) is 1. The molecule has 2 aromatic rings. The van der Waals surface area contributed by atoms with Crippen LogP contribution in [-0.2, 0) is 6.42 Å². The Morgan fingerprint density at radius 1 is 1.19 bits per heavy atom. The van der Waals surface area contributed by atoms with Gasteiger partial charge in [0, 0.05) is 6.42 Å². The molecule has 2 N–H and O–H groups in total. The first kappa shape index (κ1) is 10.1. The first-order chi connectivity index (χ1) is 7.78. The van der Waals surface area contributed by atoms with E-state index in [1.807, 2.05) is 24.3 Å². The van der Waals surface area contributed by atoms with Crippen LogP contribution in [0.5, 0.6) is 0 Å². The summed E-state index contributed by atoms with van der Waals surface area (Å²) in [6, 6.07) is 13.1. The summed E-state index contributed by atoms with van der Waals surface area (Å²) < 4.78 is 0. The van der Waals surface area contributed by atoms with E-state index in [1.165, 1.54) is 0 Å². The average molecular weight is 210 g/mol. The number of aromatic nitrogens is 2. The fourth-order valence-corrected chi connectivity index (χ4v) is 1.42. The van der Waals surface area contributed by atoms with E-state index in [0.29, 0.717) is 17.8 Å². The normalized spacial score (nSPS) is 9.69. The van der Waals surface area contributed by atoms with Gasteiger partial charge in [-0.15, -0.1) is 5.10 Å². The maximum absolute atomic E-state index is 8.77. The molecule has 0 aliphatic carbocycles. The summed E-state index contributed by atoms with van der Waals surface area (Å²) in [5.74, 6) is 0.412. The summed E-state index contributed by atoms with van der Waals surface area (Å²) in [5.41, 5.74) is 7.98. The van der Waals surface area contributed by atoms with Crippen LogP contribution in [0.4, 0.5) is 5.82 Å². The Balaban J connectivity index is 2.21. The van der Waals surface area contributed by atoms with Crippen LogP contribution in [0.3, 0.4) is 0 Å². The molecule has 1 aromatic heterocycles. The molecule has 0 radical (unpaired) electrons. The molecule has 0 aliphatic rings. The number of benzene rings is 1. The smallest absolute Gasteiger partial charge is 0.146 e. The van der Waals surface area contributed by atoms with Crippen LogP contribution in [0.1, 0.15) is 16.8 Å². The first-order valence-electron chi connectivity index (χ1n) is 4.85. The van der Waals surface area contributed by atoms with Crippen LogP contribution in [-0.4, -0.2) is 10.2 Å². The number of nitrogen functional groups attached to an aromatic ring is 1. The predicted octanol–water partition coefficient (Wildman–Crippen LogP) is 1.52. The monoisotopic (exact) mass is 210 g/mol. The molecule has 0 saturated carbocycles. The van der Waals surface area contributed by atoms with Gasteiger partial charge in [-0.05, 0) is 29.8 Å². The molecule has 4 heteroatoms. The van der Waals surface area contributed by atoms with Gasteiger partial charge in [0.25, 0.3) is 0 Å². The van der Waals surface area contributed by atoms with Crippen LogP contribution in [0.2, 0.25) is 0 Å². The van der Waals surface area contributed by atoms with Gasteiger partial charge in [0.2, 0.25) is 0 Å². The van der Waals surface area contributed by atoms with Gasteiger partial charge in [-0.1, -0.05) is 12.1 Å². The highest BCUT2D eigenvalue weighted by atomic mass is 15.1. The molecule has 4 nitrogen and oxygen atoms in total. The van der Waals surface area contributed by atoms with Crippen molar-refractivity contribution in [2.45, 2.75) is 6.42 Å². The summed E-state index contributed by atoms with van der Waals surface area (Å²) in [5, 5.41) is 16.5. The Morgan fingerprint density at radius 2 is 2.06 bits per heavy atom. The summed E-state index contributed by atoms with van der Waals surface area (Å²) in [6.45, 7) is 0. The topological polar surface area (TPSA) is 75.6 Å². The predicted molar refractivity (Wildman–Crippen MR) is 60.4 cm³/mol. The van der Waals surface area contributed by atoms with E-state index in [4.69, 9.17) is 11.0 Å². The molecule has 16 heavy (non-hydrogen) atoms. The molecular formula is C12H10N4. The molecule has 0 bridgehead atoms. The zero-order valence-corrected chi connectivity index (χ0v) is 8.59. The highest BCUT2D eigenvalue weighted by Crippen LogP contribution is 2.09. The molecule has 0 atom stereocenters. The van der Waals surface area contributed by atoms with Gasteiger partial charge >= 0.3 is 0 Å². The molecular weight excluding hydrogens is 200 g/mol. The maximum atomic E-state index is 8.77. The zero-order chi connectivity index (χ0) is 11.4. The summed E-state index contributed by atoms with van der Waals surface area (Å²) in [6.07, 6.45) is 0.656. The van der Waals surface area contributed by atoms with Crippen LogP contribution < -0.4 is 5.73 Å². The van der Waals surface area contributed by atoms with Crippen molar-refractivity contribution in [1.82, 2.24) is 10.2 Å². The van der Waals surface area contributed by atoms with E-state index < -0.39 is 0 Å². The lowest BCUT2D eigenvalue weighted by atomic mass is 10.1. The molecule has 0 saturated heterocycles. The van der Waals surface area contributed by atoms with Crippen molar-refractivity contribution in [3.8, 4) is 6.07 Å². The minimum absolute atomic E-state index is 0.412. The quantitative estimate of drug-likeness (QED) is 0.815. The molecule has 0 unspecified atom stereocenters. The minimum atomic E-state index is 0.412. The molecule has 0 amide bonds. The fraction of sp³-hybridized carbons (Fsp3) is 0.0833. The van der Waals surface area contributed by atoms with Crippen molar-refractivity contribution in [2.24, 2.45) is 0 Å². The van der Waals surface area contributed by atoms with Crippen molar-refractivity contribution in [2.75, 3.05) is 5.73 Å². The van der Waals surface area contributed by atoms with E-state index in [0.717, 1.165) is 11.3 Å². The van der Waals surface area contributed by atoms with Gasteiger partial charge in [-0.25, -0.2) is 0 Å². The second-order valence-corrected chi connectivity index (χ2v) is 3.44. The van der Waals surface area contributed by atoms with Crippen LogP contribution in [0.25, 0.3) is 0 Å². The third-order valence-electron chi connectivity index (χ3n) is 2.18. The molecule has 78 valence electrons. The molecule has 1 aromatic carbocycles. The summed E-state index contributed by atoms with van der Waals surface area (Å²) >= 11 is 0. The molecule has 0 fully saturated rings. The third-order valence-corrected chi connectivity index (χ3v) is 2.18. The van der Waals surface area contributed by atoms with Crippen molar-refractivity contribution < 1.29 is 0 Å². The molecule has 0 spiro atoms. The molecule has 1 heterocycles. The summed E-state index contributed by atoms with van der Waals surface area (Å²) in [7, 11) is 0. The second-order valence-electron chi connectivity index (χ2n) is 3.44. The molecule has 2 rings (SSSR count). The van der Waals surface area contributed by atoms with Gasteiger partial charge in [0.1, 0.15) is 5.82 Å². The Hall–Kier alpha value is -2.41. The first-order valence-corrected chi connectivity index (χ1v) is 4.85. The van der Waals surface area contributed by atoms with E-state index in [9.17, 15) is 0 Å². The molecule has 0 aliphatic heterocycles. The van der Waals surface area contributed by atoms with Gasteiger partial charge in [-0.3, -0.25) is 0 Å². The number of nitriles is 1. The lowest BCUT2D eigenvalue weighted by Crippen LogP contribution is -1.98. The highest BCUT2D eigenvalue weighted by Gasteiger charge is 1.99. The number of nitrogens with zero attached hydrogens (tertiary/aromatic N) is 3. The standard InChI is InChI=1S/C12H10N4/c13-8-10-3-1-2-9(6-10)7-11-4-5-12(14)16-15-11/h1-6H,7H2,(H2,14,16). The number of hydrogen-bond acceptors (Lipinski definition) is 4. The number of rotatable bonds is 2. The van der Waals surface area contributed by atoms with Gasteiger partial charge in [-0.2, -0.15) is 10.4 Å². The van der Waals surface area contributed by atoms with Gasteiger partial charge in [0.05, 0.1) is 17.3 Å². The van der Waals surface area contributed by atoms with E-state index in [2.05, 4.69) is 16.3 Å². The fourth-order valence-electron chi connectivity index (χ4n) is 1.42. The highest BCUT2D eigenvalue weighted by molar-refractivity contribution is 5.35. The third kappa shape index (κ3) is 2.34. The van der Waals surface area contributed by atoms with Crippen LogP contribution in [0, 0.1) is 11.3 Å². The Kier molecular flexibility index (Phi) is 2.79. The van der Waals surface area contributed by atoms with Gasteiger partial charge in [0.15, 0.2) is 0 Å².